The highest BCUT2D eigenvalue weighted by atomic mass is 32.2. The zero-order valence-electron chi connectivity index (χ0n) is 8.39. The third kappa shape index (κ3) is 2.18. The molecule has 15 heavy (non-hydrogen) atoms. The van der Waals surface area contributed by atoms with Crippen LogP contribution in [0, 0.1) is 0 Å². The van der Waals surface area contributed by atoms with Gasteiger partial charge in [0.2, 0.25) is 0 Å². The lowest BCUT2D eigenvalue weighted by molar-refractivity contribution is 0.495. The van der Waals surface area contributed by atoms with Gasteiger partial charge in [0.1, 0.15) is 0 Å². The van der Waals surface area contributed by atoms with Crippen molar-refractivity contribution in [1.29, 1.82) is 0 Å². The second-order valence-electron chi connectivity index (χ2n) is 3.68. The first kappa shape index (κ1) is 10.6. The first-order valence-corrected chi connectivity index (χ1v) is 6.61. The van der Waals surface area contributed by atoms with Gasteiger partial charge < -0.3 is 5.32 Å². The summed E-state index contributed by atoms with van der Waals surface area (Å²) in [5.41, 5.74) is 0. The lowest BCUT2D eigenvalue weighted by Gasteiger charge is -2.22. The Morgan fingerprint density at radius 3 is 2.87 bits per heavy atom. The topological polar surface area (TPSA) is 59.1 Å². The van der Waals surface area contributed by atoms with E-state index in [0.717, 1.165) is 19.4 Å². The van der Waals surface area contributed by atoms with E-state index in [0.29, 0.717) is 6.54 Å². The van der Waals surface area contributed by atoms with Gasteiger partial charge in [0, 0.05) is 12.7 Å². The van der Waals surface area contributed by atoms with Gasteiger partial charge in [0.25, 0.3) is 0 Å². The smallest absolute Gasteiger partial charge is 0.199 e. The lowest BCUT2D eigenvalue weighted by atomic mass is 10.2. The van der Waals surface area contributed by atoms with Gasteiger partial charge in [-0.3, -0.25) is 0 Å². The van der Waals surface area contributed by atoms with E-state index in [9.17, 15) is 8.42 Å². The predicted molar refractivity (Wildman–Crippen MR) is 57.3 cm³/mol. The summed E-state index contributed by atoms with van der Waals surface area (Å²) < 4.78 is 24.2. The van der Waals surface area contributed by atoms with Crippen LogP contribution in [0.3, 0.4) is 0 Å². The summed E-state index contributed by atoms with van der Waals surface area (Å²) in [5.74, 6) is 0. The average Bonchev–Trinajstić information content (AvgIpc) is 2.31. The van der Waals surface area contributed by atoms with Gasteiger partial charge in [-0.2, -0.15) is 0 Å². The molecule has 1 saturated heterocycles. The highest BCUT2D eigenvalue weighted by Gasteiger charge is 2.29. The van der Waals surface area contributed by atoms with Crippen molar-refractivity contribution in [3.8, 4) is 0 Å². The number of aromatic nitrogens is 1. The monoisotopic (exact) mass is 226 g/mol. The molecule has 82 valence electrons. The summed E-state index contributed by atoms with van der Waals surface area (Å²) in [4.78, 5) is 3.91. The van der Waals surface area contributed by atoms with Crippen LogP contribution in [0.4, 0.5) is 0 Å². The predicted octanol–water partition coefficient (Wildman–Crippen LogP) is 0.607. The van der Waals surface area contributed by atoms with Crippen LogP contribution in [0.5, 0.6) is 0 Å². The maximum atomic E-state index is 12.1. The number of rotatable bonds is 2. The van der Waals surface area contributed by atoms with Gasteiger partial charge in [0.05, 0.1) is 5.25 Å². The molecule has 0 aliphatic carbocycles. The lowest BCUT2D eigenvalue weighted by Crippen LogP contribution is -2.39. The summed E-state index contributed by atoms with van der Waals surface area (Å²) in [7, 11) is -3.24. The quantitative estimate of drug-likeness (QED) is 0.802. The first-order chi connectivity index (χ1) is 7.21. The van der Waals surface area contributed by atoms with E-state index < -0.39 is 9.84 Å². The van der Waals surface area contributed by atoms with Gasteiger partial charge in [-0.05, 0) is 31.5 Å². The van der Waals surface area contributed by atoms with Crippen LogP contribution in [0.2, 0.25) is 0 Å². The van der Waals surface area contributed by atoms with Gasteiger partial charge in [-0.1, -0.05) is 6.07 Å². The molecular weight excluding hydrogens is 212 g/mol. The van der Waals surface area contributed by atoms with Crippen LogP contribution < -0.4 is 5.32 Å². The summed E-state index contributed by atoms with van der Waals surface area (Å²) in [6, 6.07) is 4.98. The number of nitrogens with zero attached hydrogens (tertiary/aromatic N) is 1. The van der Waals surface area contributed by atoms with Crippen LogP contribution in [0.25, 0.3) is 0 Å². The molecule has 1 fully saturated rings. The SMILES string of the molecule is O=S(=O)(c1ccccn1)C1CCCNC1. The molecule has 1 unspecified atom stereocenters. The zero-order chi connectivity index (χ0) is 10.7. The molecule has 1 aliphatic heterocycles. The minimum atomic E-state index is -3.24. The van der Waals surface area contributed by atoms with Crippen molar-refractivity contribution in [2.75, 3.05) is 13.1 Å². The molecule has 0 spiro atoms. The minimum absolute atomic E-state index is 0.193. The molecule has 1 aliphatic rings. The second kappa shape index (κ2) is 4.28. The molecule has 0 bridgehead atoms. The summed E-state index contributed by atoms with van der Waals surface area (Å²) in [6.45, 7) is 1.45. The number of nitrogens with one attached hydrogen (secondary N) is 1. The van der Waals surface area contributed by atoms with Gasteiger partial charge in [0.15, 0.2) is 14.9 Å². The Kier molecular flexibility index (Phi) is 3.02. The molecule has 1 aromatic rings. The van der Waals surface area contributed by atoms with Crippen LogP contribution in [-0.2, 0) is 9.84 Å². The Bertz CT molecular complexity index is 410. The maximum Gasteiger partial charge on any atom is 0.199 e. The summed E-state index contributed by atoms with van der Waals surface area (Å²) in [5, 5.41) is 2.98. The Morgan fingerprint density at radius 2 is 2.27 bits per heavy atom. The fraction of sp³-hybridized carbons (Fsp3) is 0.500. The van der Waals surface area contributed by atoms with Gasteiger partial charge >= 0.3 is 0 Å². The molecule has 0 amide bonds. The molecule has 1 aromatic heterocycles. The molecular formula is C10H14N2O2S. The van der Waals surface area contributed by atoms with Crippen LogP contribution >= 0.6 is 0 Å². The van der Waals surface area contributed by atoms with Crippen LogP contribution in [-0.4, -0.2) is 31.7 Å². The summed E-state index contributed by atoms with van der Waals surface area (Å²) >= 11 is 0. The first-order valence-electron chi connectivity index (χ1n) is 5.07. The third-order valence-corrected chi connectivity index (χ3v) is 4.72. The summed E-state index contributed by atoms with van der Waals surface area (Å²) in [6.07, 6.45) is 3.16. The van der Waals surface area contributed by atoms with Crippen molar-refractivity contribution < 1.29 is 8.42 Å². The average molecular weight is 226 g/mol. The van der Waals surface area contributed by atoms with E-state index in [1.165, 1.54) is 6.20 Å². The number of pyridine rings is 1. The van der Waals surface area contributed by atoms with Gasteiger partial charge in [-0.15, -0.1) is 0 Å². The molecule has 1 N–H and O–H groups in total. The Hall–Kier alpha value is -0.940. The molecule has 5 heteroatoms. The Labute approximate surface area is 89.6 Å². The van der Waals surface area contributed by atoms with Crippen molar-refractivity contribution in [3.63, 3.8) is 0 Å². The van der Waals surface area contributed by atoms with E-state index in [-0.39, 0.29) is 10.3 Å². The van der Waals surface area contributed by atoms with Crippen LogP contribution in [0.1, 0.15) is 12.8 Å². The van der Waals surface area contributed by atoms with E-state index in [1.54, 1.807) is 18.2 Å². The molecule has 0 saturated carbocycles. The second-order valence-corrected chi connectivity index (χ2v) is 5.86. The Balaban J connectivity index is 2.26. The fourth-order valence-electron chi connectivity index (χ4n) is 1.77. The standard InChI is InChI=1S/C10H14N2O2S/c13-15(14,9-4-3-6-11-8-9)10-5-1-2-7-12-10/h1-2,5,7,9,11H,3-4,6,8H2. The van der Waals surface area contributed by atoms with Crippen molar-refractivity contribution in [3.05, 3.63) is 24.4 Å². The molecule has 2 rings (SSSR count). The fourth-order valence-corrected chi connectivity index (χ4v) is 3.40. The number of hydrogen-bond donors (Lipinski definition) is 1. The highest BCUT2D eigenvalue weighted by Crippen LogP contribution is 2.18. The van der Waals surface area contributed by atoms with E-state index >= 15 is 0 Å². The molecule has 0 radical (unpaired) electrons. The Morgan fingerprint density at radius 1 is 1.40 bits per heavy atom. The normalized spacial score (nSPS) is 22.5. The van der Waals surface area contributed by atoms with Crippen molar-refractivity contribution >= 4 is 9.84 Å². The molecule has 0 aromatic carbocycles. The van der Waals surface area contributed by atoms with Crippen molar-refractivity contribution in [2.45, 2.75) is 23.1 Å². The van der Waals surface area contributed by atoms with E-state index in [1.807, 2.05) is 0 Å². The molecule has 2 heterocycles. The number of sulfone groups is 1. The van der Waals surface area contributed by atoms with E-state index in [4.69, 9.17) is 0 Å². The van der Waals surface area contributed by atoms with Crippen molar-refractivity contribution in [1.82, 2.24) is 10.3 Å². The molecule has 4 nitrogen and oxygen atoms in total. The molecule has 1 atom stereocenters. The van der Waals surface area contributed by atoms with Gasteiger partial charge in [-0.25, -0.2) is 13.4 Å². The number of hydrogen-bond acceptors (Lipinski definition) is 4. The largest absolute Gasteiger partial charge is 0.315 e. The maximum absolute atomic E-state index is 12.1. The van der Waals surface area contributed by atoms with E-state index in [2.05, 4.69) is 10.3 Å². The minimum Gasteiger partial charge on any atom is -0.315 e. The zero-order valence-corrected chi connectivity index (χ0v) is 9.20. The highest BCUT2D eigenvalue weighted by molar-refractivity contribution is 7.92. The van der Waals surface area contributed by atoms with Crippen molar-refractivity contribution in [2.24, 2.45) is 0 Å². The third-order valence-electron chi connectivity index (χ3n) is 2.62. The number of piperidine rings is 1. The van der Waals surface area contributed by atoms with Crippen LogP contribution in [0.15, 0.2) is 29.4 Å².